The lowest BCUT2D eigenvalue weighted by molar-refractivity contribution is 0.102. The zero-order valence-electron chi connectivity index (χ0n) is 12.7. The van der Waals surface area contributed by atoms with E-state index >= 15 is 0 Å². The average molecular weight is 288 g/mol. The molecule has 2 aromatic heterocycles. The number of rotatable bonds is 4. The van der Waals surface area contributed by atoms with Gasteiger partial charge in [0, 0.05) is 18.0 Å². The van der Waals surface area contributed by atoms with Gasteiger partial charge in [0.25, 0.3) is 5.91 Å². The molecule has 0 aromatic carbocycles. The van der Waals surface area contributed by atoms with Crippen molar-refractivity contribution in [1.82, 2.24) is 19.7 Å². The Morgan fingerprint density at radius 2 is 2.05 bits per heavy atom. The Bertz CT molecular complexity index is 647. The maximum absolute atomic E-state index is 12.4. The van der Waals surface area contributed by atoms with E-state index in [-0.39, 0.29) is 29.2 Å². The Hall–Kier alpha value is -2.44. The number of nitrogens with zero attached hydrogens (tertiary/aromatic N) is 4. The summed E-state index contributed by atoms with van der Waals surface area (Å²) in [6.07, 6.45) is 3.11. The maximum atomic E-state index is 12.4. The molecule has 2 heterocycles. The second-order valence-electron chi connectivity index (χ2n) is 5.40. The van der Waals surface area contributed by atoms with E-state index in [0.717, 1.165) is 0 Å². The van der Waals surface area contributed by atoms with Crippen molar-refractivity contribution in [3.8, 4) is 0 Å². The van der Waals surface area contributed by atoms with E-state index in [1.807, 2.05) is 27.7 Å². The smallest absolute Gasteiger partial charge is 0.277 e. The minimum absolute atomic E-state index is 0.123. The number of nitrogens with one attached hydrogen (secondary N) is 1. The first-order chi connectivity index (χ1) is 9.90. The molecule has 0 unspecified atom stereocenters. The molecule has 0 aliphatic rings. The number of aromatic nitrogens is 4. The highest BCUT2D eigenvalue weighted by Gasteiger charge is 2.17. The minimum Gasteiger partial charge on any atom is -0.396 e. The molecule has 0 fully saturated rings. The molecule has 0 saturated heterocycles. The maximum Gasteiger partial charge on any atom is 0.277 e. The highest BCUT2D eigenvalue weighted by molar-refractivity contribution is 6.05. The predicted molar refractivity (Wildman–Crippen MR) is 81.1 cm³/mol. The van der Waals surface area contributed by atoms with Crippen LogP contribution in [0.5, 0.6) is 0 Å². The van der Waals surface area contributed by atoms with E-state index in [2.05, 4.69) is 20.4 Å². The predicted octanol–water partition coefficient (Wildman–Crippen LogP) is 2.21. The number of nitrogen functional groups attached to an aromatic ring is 1. The fourth-order valence-corrected chi connectivity index (χ4v) is 1.87. The molecule has 0 bridgehead atoms. The molecule has 0 atom stereocenters. The van der Waals surface area contributed by atoms with Gasteiger partial charge in [-0.3, -0.25) is 4.79 Å². The first kappa shape index (κ1) is 15.0. The van der Waals surface area contributed by atoms with Crippen molar-refractivity contribution in [2.45, 2.75) is 39.7 Å². The summed E-state index contributed by atoms with van der Waals surface area (Å²) in [6, 6.07) is 1.88. The molecule has 0 radical (unpaired) electrons. The topological polar surface area (TPSA) is 98.7 Å². The van der Waals surface area contributed by atoms with Gasteiger partial charge in [-0.05, 0) is 13.8 Å². The Morgan fingerprint density at radius 3 is 2.67 bits per heavy atom. The van der Waals surface area contributed by atoms with Crippen LogP contribution in [0.2, 0.25) is 0 Å². The van der Waals surface area contributed by atoms with E-state index < -0.39 is 0 Å². The van der Waals surface area contributed by atoms with Gasteiger partial charge in [0.05, 0.1) is 18.1 Å². The van der Waals surface area contributed by atoms with Crippen molar-refractivity contribution >= 4 is 17.4 Å². The van der Waals surface area contributed by atoms with E-state index in [4.69, 9.17) is 5.73 Å². The Labute approximate surface area is 123 Å². The second-order valence-corrected chi connectivity index (χ2v) is 5.40. The van der Waals surface area contributed by atoms with Crippen molar-refractivity contribution in [2.24, 2.45) is 0 Å². The van der Waals surface area contributed by atoms with Crippen molar-refractivity contribution < 1.29 is 4.79 Å². The molecule has 7 nitrogen and oxygen atoms in total. The molecule has 0 saturated carbocycles. The van der Waals surface area contributed by atoms with Crippen LogP contribution in [0.15, 0.2) is 18.5 Å². The van der Waals surface area contributed by atoms with E-state index in [0.29, 0.717) is 11.6 Å². The number of nitrogens with two attached hydrogens (primary N) is 1. The van der Waals surface area contributed by atoms with Gasteiger partial charge in [0.1, 0.15) is 11.6 Å². The van der Waals surface area contributed by atoms with Crippen LogP contribution >= 0.6 is 0 Å². The molecule has 0 aliphatic carbocycles. The SMILES string of the molecule is CC(C)c1ncc(N)c(C(=O)Nc2ccnn2C(C)C)n1. The molecule has 112 valence electrons. The van der Waals surface area contributed by atoms with Gasteiger partial charge < -0.3 is 11.1 Å². The first-order valence-corrected chi connectivity index (χ1v) is 6.87. The van der Waals surface area contributed by atoms with Crippen LogP contribution in [0.25, 0.3) is 0 Å². The normalized spacial score (nSPS) is 11.1. The molecule has 1 amide bonds. The molecule has 2 aromatic rings. The first-order valence-electron chi connectivity index (χ1n) is 6.87. The van der Waals surface area contributed by atoms with Gasteiger partial charge >= 0.3 is 0 Å². The number of anilines is 2. The molecule has 21 heavy (non-hydrogen) atoms. The van der Waals surface area contributed by atoms with Crippen LogP contribution in [-0.2, 0) is 0 Å². The van der Waals surface area contributed by atoms with Crippen LogP contribution in [0.1, 0.15) is 56.0 Å². The summed E-state index contributed by atoms with van der Waals surface area (Å²) >= 11 is 0. The Balaban J connectivity index is 2.28. The molecular weight excluding hydrogens is 268 g/mol. The molecule has 3 N–H and O–H groups in total. The van der Waals surface area contributed by atoms with Crippen LogP contribution in [-0.4, -0.2) is 25.7 Å². The lowest BCUT2D eigenvalue weighted by Crippen LogP contribution is -2.20. The average Bonchev–Trinajstić information content (AvgIpc) is 2.87. The molecule has 0 aliphatic heterocycles. The quantitative estimate of drug-likeness (QED) is 0.898. The van der Waals surface area contributed by atoms with Crippen LogP contribution in [0.4, 0.5) is 11.5 Å². The third-order valence-electron chi connectivity index (χ3n) is 2.97. The second kappa shape index (κ2) is 5.90. The largest absolute Gasteiger partial charge is 0.396 e. The summed E-state index contributed by atoms with van der Waals surface area (Å²) in [5, 5.41) is 6.95. The van der Waals surface area contributed by atoms with Gasteiger partial charge in [-0.2, -0.15) is 5.10 Å². The highest BCUT2D eigenvalue weighted by Crippen LogP contribution is 2.17. The van der Waals surface area contributed by atoms with Crippen molar-refractivity contribution in [3.05, 3.63) is 30.0 Å². The number of carbonyl (C=O) groups excluding carboxylic acids is 1. The van der Waals surface area contributed by atoms with Gasteiger partial charge in [-0.25, -0.2) is 14.6 Å². The summed E-state index contributed by atoms with van der Waals surface area (Å²) < 4.78 is 1.72. The number of hydrogen-bond donors (Lipinski definition) is 2. The van der Waals surface area contributed by atoms with Crippen molar-refractivity contribution in [3.63, 3.8) is 0 Å². The van der Waals surface area contributed by atoms with Gasteiger partial charge in [-0.1, -0.05) is 13.8 Å². The number of hydrogen-bond acceptors (Lipinski definition) is 5. The standard InChI is InChI=1S/C14H20N6O/c1-8(2)13-16-7-10(15)12(19-13)14(21)18-11-5-6-17-20(11)9(3)4/h5-9H,15H2,1-4H3,(H,18,21). The third kappa shape index (κ3) is 3.18. The summed E-state index contributed by atoms with van der Waals surface area (Å²) in [6.45, 7) is 7.89. The van der Waals surface area contributed by atoms with Crippen LogP contribution in [0.3, 0.4) is 0 Å². The molecular formula is C14H20N6O. The fourth-order valence-electron chi connectivity index (χ4n) is 1.87. The summed E-state index contributed by atoms with van der Waals surface area (Å²) in [5.41, 5.74) is 6.25. The van der Waals surface area contributed by atoms with E-state index in [9.17, 15) is 4.79 Å². The fraction of sp³-hybridized carbons (Fsp3) is 0.429. The lowest BCUT2D eigenvalue weighted by atomic mass is 10.2. The molecule has 0 spiro atoms. The summed E-state index contributed by atoms with van der Waals surface area (Å²) in [7, 11) is 0. The minimum atomic E-state index is -0.362. The highest BCUT2D eigenvalue weighted by atomic mass is 16.2. The van der Waals surface area contributed by atoms with Crippen LogP contribution < -0.4 is 11.1 Å². The zero-order valence-corrected chi connectivity index (χ0v) is 12.7. The number of carbonyl (C=O) groups is 1. The van der Waals surface area contributed by atoms with Gasteiger partial charge in [-0.15, -0.1) is 0 Å². The summed E-state index contributed by atoms with van der Waals surface area (Å²) in [5.74, 6) is 0.961. The van der Waals surface area contributed by atoms with Crippen molar-refractivity contribution in [1.29, 1.82) is 0 Å². The molecule has 7 heteroatoms. The van der Waals surface area contributed by atoms with E-state index in [1.165, 1.54) is 6.20 Å². The van der Waals surface area contributed by atoms with E-state index in [1.54, 1.807) is 16.9 Å². The number of amides is 1. The summed E-state index contributed by atoms with van der Waals surface area (Å²) in [4.78, 5) is 20.7. The van der Waals surface area contributed by atoms with Gasteiger partial charge in [0.2, 0.25) is 0 Å². The Morgan fingerprint density at radius 1 is 1.33 bits per heavy atom. The monoisotopic (exact) mass is 288 g/mol. The molecule has 2 rings (SSSR count). The van der Waals surface area contributed by atoms with Gasteiger partial charge in [0.15, 0.2) is 5.69 Å². The lowest BCUT2D eigenvalue weighted by Gasteiger charge is -2.13. The Kier molecular flexibility index (Phi) is 4.21. The zero-order chi connectivity index (χ0) is 15.6. The van der Waals surface area contributed by atoms with Crippen molar-refractivity contribution in [2.75, 3.05) is 11.1 Å². The third-order valence-corrected chi connectivity index (χ3v) is 2.97. The van der Waals surface area contributed by atoms with Crippen LogP contribution in [0, 0.1) is 0 Å².